The van der Waals surface area contributed by atoms with Crippen molar-refractivity contribution in [1.82, 2.24) is 0 Å². The molecular weight excluding hydrogens is 1770 g/mol. The summed E-state index contributed by atoms with van der Waals surface area (Å²) in [5.41, 5.74) is 26.5. The molecule has 0 heterocycles. The van der Waals surface area contributed by atoms with Gasteiger partial charge in [-0.15, -0.1) is 0 Å². The van der Waals surface area contributed by atoms with Gasteiger partial charge in [0.25, 0.3) is 0 Å². The molecule has 0 aliphatic carbocycles. The molecule has 0 aliphatic heterocycles. The minimum absolute atomic E-state index is 1.21. The average Bonchev–Trinajstić information content (AvgIpc) is 0.719. The lowest BCUT2D eigenvalue weighted by atomic mass is 9.81. The van der Waals surface area contributed by atoms with Crippen LogP contribution in [0.3, 0.4) is 0 Å². The average molecular weight is 1860 g/mol. The molecule has 0 unspecified atom stereocenters. The van der Waals surface area contributed by atoms with Crippen molar-refractivity contribution in [2.24, 2.45) is 0 Å². The molecule has 0 fully saturated rings. The van der Waals surface area contributed by atoms with E-state index in [4.69, 9.17) is 0 Å². The van der Waals surface area contributed by atoms with Crippen molar-refractivity contribution < 1.29 is 0 Å². The van der Waals surface area contributed by atoms with Gasteiger partial charge in [-0.1, -0.05) is 527 Å². The number of hydrogen-bond donors (Lipinski definition) is 0. The van der Waals surface area contributed by atoms with Gasteiger partial charge in [-0.25, -0.2) is 0 Å². The number of fused-ring (bicyclic) bond motifs is 18. The van der Waals surface area contributed by atoms with Crippen molar-refractivity contribution in [3.05, 3.63) is 558 Å². The van der Waals surface area contributed by atoms with E-state index >= 15 is 0 Å². The first-order valence-corrected chi connectivity index (χ1v) is 51.1. The van der Waals surface area contributed by atoms with Gasteiger partial charge in [0.2, 0.25) is 0 Å². The molecular formula is C147H94. The van der Waals surface area contributed by atoms with Crippen LogP contribution in [0.25, 0.3) is 294 Å². The Balaban J connectivity index is 0.000000111. The lowest BCUT2D eigenvalue weighted by Crippen LogP contribution is -1.94. The van der Waals surface area contributed by atoms with Crippen LogP contribution in [0.1, 0.15) is 5.56 Å². The summed E-state index contributed by atoms with van der Waals surface area (Å²) in [5.74, 6) is 0. The quantitative estimate of drug-likeness (QED) is 0.0946. The Morgan fingerprint density at radius 1 is 0.0884 bits per heavy atom. The minimum atomic E-state index is 1.21. The Bertz CT molecular complexity index is 10600. The van der Waals surface area contributed by atoms with E-state index in [0.717, 1.165) is 0 Å². The largest absolute Gasteiger partial charge is 0.0622 e. The predicted octanol–water partition coefficient (Wildman–Crippen LogP) is 41.6. The smallest absolute Gasteiger partial charge is 0.00199 e. The molecule has 0 aromatic heterocycles. The second kappa shape index (κ2) is 35.9. The molecule has 0 spiro atoms. The van der Waals surface area contributed by atoms with Gasteiger partial charge in [-0.3, -0.25) is 0 Å². The summed E-state index contributed by atoms with van der Waals surface area (Å²) in [6.45, 7) is 2.19. The SMILES string of the molecule is Cc1ccc2c(-c3cccc4ccccc34)c3ccccc3c(-c3cccc4ccccc34)c2c1.c1ccc(-c2ccc(-c3ccc4c(-c5cccc6ccccc56)c5ccccc5c(-c5cccc6ccccc56)c4c3)c3ccccc23)cc1.c1ccc2cc(-c3c4ccccc4c(-c4ccc5ccccc5c4)c4cc(-c5c6ccccc6c(-c6cc7ccccc7c7ccccc67)c6ccccc56)ccc34)ccc2c1. The van der Waals surface area contributed by atoms with Crippen LogP contribution in [-0.2, 0) is 0 Å². The molecule has 0 nitrogen and oxygen atoms in total. The number of hydrogen-bond acceptors (Lipinski definition) is 0. The Morgan fingerprint density at radius 3 is 0.735 bits per heavy atom. The highest BCUT2D eigenvalue weighted by Crippen LogP contribution is 2.55. The molecule has 30 aromatic carbocycles. The topological polar surface area (TPSA) is 0 Å². The van der Waals surface area contributed by atoms with Crippen molar-refractivity contribution in [1.29, 1.82) is 0 Å². The Labute approximate surface area is 852 Å². The standard InChI is InChI=1S/C62H38.C50H32.C35H24/c1-3-17-41-35-44(31-29-39(41)15-1)59-50-23-9-10-24-51(50)61(45-32-30-40-16-2-4-18-42(40)36-45)58-38-46(33-34-56(58)59)60-52-25-11-13-27-54(52)62(55-28-14-12-26-53(55)60)57-37-43-19-5-6-20-47(43)48-21-7-8-22-49(48)57;1-2-14-33(15-3-1)39-30-31-40(42-23-9-8-22-41(39)42)36-28-29-47-48(32-36)50(44-27-13-19-35-17-5-7-21-38(35)44)46-25-11-10-24-45(46)49(47)43-26-12-18-34-16-4-6-20-37(34)43;1-23-20-21-32-33(22-23)35(29-19-9-13-25-11-3-5-15-27(25)29)31-17-7-6-16-30(31)34(32)28-18-8-12-24-10-2-4-14-26(24)28/h1-38H;1-32H;2-22H,1H3. The maximum atomic E-state index is 2.50. The first-order valence-electron chi connectivity index (χ1n) is 51.1. The lowest BCUT2D eigenvalue weighted by Gasteiger charge is -2.21. The van der Waals surface area contributed by atoms with Crippen molar-refractivity contribution in [2.45, 2.75) is 6.92 Å². The summed E-state index contributed by atoms with van der Waals surface area (Å²) < 4.78 is 0. The fourth-order valence-electron chi connectivity index (χ4n) is 24.6. The maximum absolute atomic E-state index is 2.50. The summed E-state index contributed by atoms with van der Waals surface area (Å²) in [4.78, 5) is 0. The number of aryl methyl sites for hydroxylation is 1. The van der Waals surface area contributed by atoms with Crippen molar-refractivity contribution in [3.63, 3.8) is 0 Å². The zero-order chi connectivity index (χ0) is 97.1. The molecule has 0 saturated carbocycles. The molecule has 0 radical (unpaired) electrons. The van der Waals surface area contributed by atoms with Crippen LogP contribution in [0, 0.1) is 6.92 Å². The van der Waals surface area contributed by atoms with E-state index in [1.807, 2.05) is 0 Å². The summed E-state index contributed by atoms with van der Waals surface area (Å²) in [5, 5.41) is 43.0. The first kappa shape index (κ1) is 86.0. The van der Waals surface area contributed by atoms with E-state index in [9.17, 15) is 0 Å². The van der Waals surface area contributed by atoms with Crippen LogP contribution in [0.2, 0.25) is 0 Å². The van der Waals surface area contributed by atoms with Gasteiger partial charge < -0.3 is 0 Å². The molecule has 30 aromatic rings. The third kappa shape index (κ3) is 14.6. The first-order chi connectivity index (χ1) is 72.9. The van der Waals surface area contributed by atoms with Gasteiger partial charge in [0.15, 0.2) is 0 Å². The van der Waals surface area contributed by atoms with Gasteiger partial charge in [0.05, 0.1) is 0 Å². The van der Waals surface area contributed by atoms with Crippen molar-refractivity contribution >= 4 is 183 Å². The Kier molecular flexibility index (Phi) is 21.0. The van der Waals surface area contributed by atoms with Gasteiger partial charge in [0, 0.05) is 0 Å². The van der Waals surface area contributed by atoms with Crippen LogP contribution in [0.5, 0.6) is 0 Å². The van der Waals surface area contributed by atoms with E-state index in [2.05, 4.69) is 559 Å². The van der Waals surface area contributed by atoms with E-state index in [0.29, 0.717) is 0 Å². The summed E-state index contributed by atoms with van der Waals surface area (Å²) in [6, 6.07) is 204. The third-order valence-electron chi connectivity index (χ3n) is 31.1. The highest BCUT2D eigenvalue weighted by molar-refractivity contribution is 6.32. The molecule has 30 rings (SSSR count). The van der Waals surface area contributed by atoms with E-state index < -0.39 is 0 Å². The zero-order valence-corrected chi connectivity index (χ0v) is 81.0. The van der Waals surface area contributed by atoms with Crippen LogP contribution in [0.15, 0.2) is 552 Å². The molecule has 0 heteroatoms. The molecule has 0 saturated heterocycles. The highest BCUT2D eigenvalue weighted by atomic mass is 14.3. The fraction of sp³-hybridized carbons (Fsp3) is 0.00680. The van der Waals surface area contributed by atoms with Crippen LogP contribution < -0.4 is 0 Å². The monoisotopic (exact) mass is 1860 g/mol. The zero-order valence-electron chi connectivity index (χ0n) is 81.0. The Morgan fingerprint density at radius 2 is 0.327 bits per heavy atom. The van der Waals surface area contributed by atoms with E-state index in [1.165, 1.54) is 300 Å². The normalized spacial score (nSPS) is 11.7. The van der Waals surface area contributed by atoms with Gasteiger partial charge in [-0.05, 0) is 332 Å². The maximum Gasteiger partial charge on any atom is -0.00199 e. The second-order valence-corrected chi connectivity index (χ2v) is 39.3. The van der Waals surface area contributed by atoms with Gasteiger partial charge >= 0.3 is 0 Å². The highest BCUT2D eigenvalue weighted by Gasteiger charge is 2.27. The minimum Gasteiger partial charge on any atom is -0.0622 e. The third-order valence-corrected chi connectivity index (χ3v) is 31.1. The Hall–Kier alpha value is -19.0. The predicted molar refractivity (Wildman–Crippen MR) is 636 cm³/mol. The van der Waals surface area contributed by atoms with E-state index in [1.54, 1.807) is 0 Å². The van der Waals surface area contributed by atoms with Crippen LogP contribution in [0.4, 0.5) is 0 Å². The molecule has 0 aliphatic rings. The summed E-state index contributed by atoms with van der Waals surface area (Å²) >= 11 is 0. The number of rotatable bonds is 10. The summed E-state index contributed by atoms with van der Waals surface area (Å²) in [7, 11) is 0. The lowest BCUT2D eigenvalue weighted by molar-refractivity contribution is 1.51. The van der Waals surface area contributed by atoms with E-state index in [-0.39, 0.29) is 0 Å². The van der Waals surface area contributed by atoms with Crippen LogP contribution >= 0.6 is 0 Å². The van der Waals surface area contributed by atoms with Crippen molar-refractivity contribution in [2.75, 3.05) is 0 Å². The van der Waals surface area contributed by atoms with Crippen molar-refractivity contribution in [3.8, 4) is 111 Å². The molecule has 0 atom stereocenters. The fourth-order valence-corrected chi connectivity index (χ4v) is 24.6. The second-order valence-electron chi connectivity index (χ2n) is 39.3. The molecule has 0 bridgehead atoms. The number of benzene rings is 30. The van der Waals surface area contributed by atoms with Crippen LogP contribution in [-0.4, -0.2) is 0 Å². The molecule has 0 N–H and O–H groups in total. The van der Waals surface area contributed by atoms with Gasteiger partial charge in [0.1, 0.15) is 0 Å². The molecule has 147 heavy (non-hydrogen) atoms. The molecule has 682 valence electrons. The summed E-state index contributed by atoms with van der Waals surface area (Å²) in [6.07, 6.45) is 0. The van der Waals surface area contributed by atoms with Gasteiger partial charge in [-0.2, -0.15) is 0 Å². The molecule has 0 amide bonds.